The highest BCUT2D eigenvalue weighted by Crippen LogP contribution is 2.30. The molecule has 2 aromatic rings. The number of nitrogens with zero attached hydrogens (tertiary/aromatic N) is 1. The van der Waals surface area contributed by atoms with Crippen LogP contribution in [0.2, 0.25) is 0 Å². The summed E-state index contributed by atoms with van der Waals surface area (Å²) in [5.74, 6) is -3.04. The highest BCUT2D eigenvalue weighted by atomic mass is 32.2. The molecule has 0 aliphatic carbocycles. The first-order valence-electron chi connectivity index (χ1n) is 11.1. The van der Waals surface area contributed by atoms with E-state index < -0.39 is 22.2 Å². The fourth-order valence-electron chi connectivity index (χ4n) is 3.37. The van der Waals surface area contributed by atoms with Crippen LogP contribution >= 0.6 is 0 Å². The van der Waals surface area contributed by atoms with Gasteiger partial charge in [0.05, 0.1) is 22.9 Å². The number of carboxylic acids is 1. The van der Waals surface area contributed by atoms with Crippen molar-refractivity contribution in [2.45, 2.75) is 18.0 Å². The highest BCUT2D eigenvalue weighted by molar-refractivity contribution is 7.92. The molecular formula is C23H29F3N4O6S. The number of methoxy groups -OCH3 is 1. The van der Waals surface area contributed by atoms with E-state index in [-0.39, 0.29) is 10.8 Å². The van der Waals surface area contributed by atoms with Gasteiger partial charge in [0.25, 0.3) is 15.9 Å². The number of ether oxygens (including phenoxy) is 1. The number of carbonyl (C=O) groups is 2. The van der Waals surface area contributed by atoms with Crippen LogP contribution in [0.1, 0.15) is 15.9 Å². The third kappa shape index (κ3) is 8.91. The lowest BCUT2D eigenvalue weighted by Crippen LogP contribution is -2.43. The predicted molar refractivity (Wildman–Crippen MR) is 131 cm³/mol. The Morgan fingerprint density at radius 1 is 1.14 bits per heavy atom. The van der Waals surface area contributed by atoms with Crippen LogP contribution < -0.4 is 20.3 Å². The van der Waals surface area contributed by atoms with E-state index in [2.05, 4.69) is 20.3 Å². The molecule has 1 saturated heterocycles. The molecule has 10 nitrogen and oxygen atoms in total. The second kappa shape index (κ2) is 13.3. The number of hydrogen-bond donors (Lipinski definition) is 4. The predicted octanol–water partition coefficient (Wildman–Crippen LogP) is 2.21. The number of amides is 1. The Kier molecular flexibility index (Phi) is 10.7. The maximum atomic E-state index is 13.1. The Labute approximate surface area is 212 Å². The molecular weight excluding hydrogens is 517 g/mol. The van der Waals surface area contributed by atoms with Crippen molar-refractivity contribution >= 4 is 33.3 Å². The highest BCUT2D eigenvalue weighted by Gasteiger charge is 2.38. The van der Waals surface area contributed by atoms with Crippen LogP contribution in [-0.4, -0.2) is 78.0 Å². The van der Waals surface area contributed by atoms with Crippen LogP contribution in [-0.2, 0) is 19.6 Å². The maximum absolute atomic E-state index is 13.1. The molecule has 37 heavy (non-hydrogen) atoms. The summed E-state index contributed by atoms with van der Waals surface area (Å²) in [6, 6.07) is 11.9. The number of halogens is 3. The number of aryl methyl sites for hydroxylation is 1. The minimum Gasteiger partial charge on any atom is -0.475 e. The van der Waals surface area contributed by atoms with E-state index in [1.807, 2.05) is 0 Å². The molecule has 0 radical (unpaired) electrons. The Balaban J connectivity index is 0.000000604. The first-order chi connectivity index (χ1) is 17.4. The van der Waals surface area contributed by atoms with Gasteiger partial charge in [0, 0.05) is 45.4 Å². The van der Waals surface area contributed by atoms with Gasteiger partial charge in [-0.15, -0.1) is 0 Å². The quantitative estimate of drug-likeness (QED) is 0.370. The largest absolute Gasteiger partial charge is 0.490 e. The van der Waals surface area contributed by atoms with Crippen LogP contribution in [0.4, 0.5) is 24.5 Å². The topological polar surface area (TPSA) is 137 Å². The number of anilines is 2. The van der Waals surface area contributed by atoms with Gasteiger partial charge in [0.1, 0.15) is 0 Å². The number of carboxylic acid groups (broad SMARTS) is 1. The van der Waals surface area contributed by atoms with E-state index in [0.717, 1.165) is 31.9 Å². The van der Waals surface area contributed by atoms with Crippen LogP contribution in [0.15, 0.2) is 47.4 Å². The molecule has 1 aliphatic heterocycles. The van der Waals surface area contributed by atoms with Gasteiger partial charge >= 0.3 is 12.1 Å². The van der Waals surface area contributed by atoms with Crippen molar-refractivity contribution in [3.63, 3.8) is 0 Å². The van der Waals surface area contributed by atoms with E-state index in [1.54, 1.807) is 56.5 Å². The lowest BCUT2D eigenvalue weighted by atomic mass is 10.1. The zero-order valence-electron chi connectivity index (χ0n) is 20.3. The average Bonchev–Trinajstić information content (AvgIpc) is 2.84. The standard InChI is InChI=1S/C21H28N4O4S.C2HF3O2/c1-16-5-3-4-6-20(16)30(27,28)24-18-15-17(21(26)23-11-14-29-2)7-8-19(18)25-12-9-22-10-13-25;3-2(4,5)1(6)7/h3-8,15,22,24H,9-14H2,1-2H3,(H,23,26);(H,6,7). The maximum Gasteiger partial charge on any atom is 0.490 e. The van der Waals surface area contributed by atoms with Crippen molar-refractivity contribution in [3.05, 3.63) is 53.6 Å². The number of alkyl halides is 3. The normalized spacial score (nSPS) is 13.8. The molecule has 0 atom stereocenters. The van der Waals surface area contributed by atoms with Gasteiger partial charge in [-0.25, -0.2) is 13.2 Å². The third-order valence-corrected chi connectivity index (χ3v) is 6.70. The number of piperazine rings is 1. The Bertz CT molecular complexity index is 1190. The zero-order chi connectivity index (χ0) is 27.6. The molecule has 0 saturated carbocycles. The molecule has 0 unspecified atom stereocenters. The van der Waals surface area contributed by atoms with Crippen molar-refractivity contribution in [1.29, 1.82) is 0 Å². The summed E-state index contributed by atoms with van der Waals surface area (Å²) >= 11 is 0. The molecule has 4 N–H and O–H groups in total. The average molecular weight is 547 g/mol. The van der Waals surface area contributed by atoms with Gasteiger partial charge in [-0.3, -0.25) is 9.52 Å². The second-order valence-corrected chi connectivity index (χ2v) is 9.54. The third-order valence-electron chi connectivity index (χ3n) is 5.18. The number of nitrogens with one attached hydrogen (secondary N) is 3. The zero-order valence-corrected chi connectivity index (χ0v) is 21.1. The molecule has 0 bridgehead atoms. The van der Waals surface area contributed by atoms with Crippen molar-refractivity contribution in [1.82, 2.24) is 10.6 Å². The lowest BCUT2D eigenvalue weighted by molar-refractivity contribution is -0.192. The van der Waals surface area contributed by atoms with Crippen LogP contribution in [0.3, 0.4) is 0 Å². The lowest BCUT2D eigenvalue weighted by Gasteiger charge is -2.31. The molecule has 2 aromatic carbocycles. The summed E-state index contributed by atoms with van der Waals surface area (Å²) in [5, 5.41) is 13.2. The number of rotatable bonds is 8. The van der Waals surface area contributed by atoms with E-state index in [1.165, 1.54) is 0 Å². The van der Waals surface area contributed by atoms with E-state index in [9.17, 15) is 26.4 Å². The molecule has 0 aromatic heterocycles. The van der Waals surface area contributed by atoms with Crippen molar-refractivity contribution in [3.8, 4) is 0 Å². The Morgan fingerprint density at radius 3 is 2.32 bits per heavy atom. The van der Waals surface area contributed by atoms with E-state index in [0.29, 0.717) is 30.0 Å². The van der Waals surface area contributed by atoms with E-state index in [4.69, 9.17) is 14.6 Å². The number of carbonyl (C=O) groups excluding carboxylic acids is 1. The molecule has 204 valence electrons. The summed E-state index contributed by atoms with van der Waals surface area (Å²) in [7, 11) is -2.25. The van der Waals surface area contributed by atoms with Crippen LogP contribution in [0.5, 0.6) is 0 Å². The van der Waals surface area contributed by atoms with Crippen molar-refractivity contribution in [2.24, 2.45) is 0 Å². The Morgan fingerprint density at radius 2 is 1.76 bits per heavy atom. The molecule has 1 fully saturated rings. The first-order valence-corrected chi connectivity index (χ1v) is 12.6. The minimum absolute atomic E-state index is 0.214. The smallest absolute Gasteiger partial charge is 0.475 e. The first kappa shape index (κ1) is 29.9. The summed E-state index contributed by atoms with van der Waals surface area (Å²) in [5.41, 5.74) is 2.18. The molecule has 1 heterocycles. The van der Waals surface area contributed by atoms with Gasteiger partial charge < -0.3 is 25.4 Å². The van der Waals surface area contributed by atoms with Gasteiger partial charge in [-0.1, -0.05) is 18.2 Å². The number of aliphatic carboxylic acids is 1. The number of hydrogen-bond acceptors (Lipinski definition) is 7. The van der Waals surface area contributed by atoms with Gasteiger partial charge in [0.15, 0.2) is 0 Å². The summed E-state index contributed by atoms with van der Waals surface area (Å²) in [4.78, 5) is 23.7. The van der Waals surface area contributed by atoms with Gasteiger partial charge in [-0.2, -0.15) is 13.2 Å². The van der Waals surface area contributed by atoms with Gasteiger partial charge in [-0.05, 0) is 36.8 Å². The van der Waals surface area contributed by atoms with Crippen LogP contribution in [0, 0.1) is 6.92 Å². The van der Waals surface area contributed by atoms with Gasteiger partial charge in [0.2, 0.25) is 0 Å². The van der Waals surface area contributed by atoms with E-state index >= 15 is 0 Å². The molecule has 3 rings (SSSR count). The molecule has 1 aliphatic rings. The SMILES string of the molecule is COCCNC(=O)c1ccc(N2CCNCC2)c(NS(=O)(=O)c2ccccc2C)c1.O=C(O)C(F)(F)F. The summed E-state index contributed by atoms with van der Waals surface area (Å²) in [6.07, 6.45) is -5.08. The number of sulfonamides is 1. The number of benzene rings is 2. The van der Waals surface area contributed by atoms with Crippen LogP contribution in [0.25, 0.3) is 0 Å². The molecule has 0 spiro atoms. The van der Waals surface area contributed by atoms with Crippen molar-refractivity contribution < 1.29 is 41.0 Å². The summed E-state index contributed by atoms with van der Waals surface area (Å²) < 4.78 is 65.6. The second-order valence-electron chi connectivity index (χ2n) is 7.89. The molecule has 14 heteroatoms. The molecule has 1 amide bonds. The minimum atomic E-state index is -5.08. The summed E-state index contributed by atoms with van der Waals surface area (Å²) in [6.45, 7) is 5.64. The monoisotopic (exact) mass is 546 g/mol. The fraction of sp³-hybridized carbons (Fsp3) is 0.391. The van der Waals surface area contributed by atoms with Crippen molar-refractivity contribution in [2.75, 3.05) is 56.1 Å². The fourth-order valence-corrected chi connectivity index (χ4v) is 4.68. The Hall–Kier alpha value is -3.36.